The molecule has 0 aliphatic heterocycles. The Morgan fingerprint density at radius 1 is 1.33 bits per heavy atom. The minimum Gasteiger partial charge on any atom is -0.492 e. The van der Waals surface area contributed by atoms with Gasteiger partial charge in [-0.15, -0.1) is 4.73 Å². The maximum atomic E-state index is 11.2. The van der Waals surface area contributed by atoms with Crippen LogP contribution in [0.15, 0.2) is 12.1 Å². The third-order valence-corrected chi connectivity index (χ3v) is 1.87. The van der Waals surface area contributed by atoms with E-state index < -0.39 is 24.0 Å². The first-order valence-corrected chi connectivity index (χ1v) is 5.25. The summed E-state index contributed by atoms with van der Waals surface area (Å²) in [6.45, 7) is 1.91. The molecule has 0 radical (unpaired) electrons. The van der Waals surface area contributed by atoms with E-state index in [1.165, 1.54) is 0 Å². The van der Waals surface area contributed by atoms with Crippen LogP contribution >= 0.6 is 0 Å². The van der Waals surface area contributed by atoms with E-state index in [-0.39, 0.29) is 13.2 Å². The maximum Gasteiger partial charge on any atom is 0.534 e. The summed E-state index contributed by atoms with van der Waals surface area (Å²) in [6, 6.07) is 2.26. The first kappa shape index (κ1) is 14.1. The Hall–Kier alpha value is -1.93. The zero-order valence-electron chi connectivity index (χ0n) is 9.78. The van der Waals surface area contributed by atoms with Crippen molar-refractivity contribution in [1.29, 1.82) is 0 Å². The van der Waals surface area contributed by atoms with Gasteiger partial charge in [0, 0.05) is 18.7 Å². The van der Waals surface area contributed by atoms with Gasteiger partial charge in [-0.3, -0.25) is 4.84 Å². The summed E-state index contributed by atoms with van der Waals surface area (Å²) >= 11 is 0. The van der Waals surface area contributed by atoms with Gasteiger partial charge in [0.1, 0.15) is 12.7 Å². The number of carbonyl (C=O) groups is 1. The van der Waals surface area contributed by atoms with E-state index in [9.17, 15) is 20.1 Å². The third-order valence-electron chi connectivity index (χ3n) is 1.87. The summed E-state index contributed by atoms with van der Waals surface area (Å²) in [5, 5.41) is 27.7. The van der Waals surface area contributed by atoms with Crippen LogP contribution in [0.5, 0.6) is 11.8 Å². The molecule has 0 saturated carbocycles. The quantitative estimate of drug-likeness (QED) is 0.611. The number of aromatic nitrogens is 1. The summed E-state index contributed by atoms with van der Waals surface area (Å²) in [6.07, 6.45) is -2.14. The van der Waals surface area contributed by atoms with Crippen LogP contribution in [0.2, 0.25) is 0 Å². The van der Waals surface area contributed by atoms with Crippen LogP contribution < -0.4 is 4.84 Å². The van der Waals surface area contributed by atoms with Crippen LogP contribution in [0.25, 0.3) is 0 Å². The molecule has 0 aromatic carbocycles. The van der Waals surface area contributed by atoms with Crippen molar-refractivity contribution in [1.82, 2.24) is 4.73 Å². The molecule has 18 heavy (non-hydrogen) atoms. The van der Waals surface area contributed by atoms with Gasteiger partial charge in [0.2, 0.25) is 11.8 Å². The molecule has 3 N–H and O–H groups in total. The number of carbonyl (C=O) groups excluding carboxylic acids is 1. The Labute approximate surface area is 103 Å². The topological polar surface area (TPSA) is 110 Å². The lowest BCUT2D eigenvalue weighted by molar-refractivity contribution is -0.0209. The van der Waals surface area contributed by atoms with Crippen molar-refractivity contribution in [2.24, 2.45) is 0 Å². The van der Waals surface area contributed by atoms with Crippen molar-refractivity contribution < 1.29 is 34.4 Å². The summed E-state index contributed by atoms with van der Waals surface area (Å²) in [5.74, 6) is -0.918. The minimum atomic E-state index is -1.17. The third kappa shape index (κ3) is 4.15. The van der Waals surface area contributed by atoms with Gasteiger partial charge in [-0.05, 0) is 6.92 Å². The molecule has 1 aromatic heterocycles. The van der Waals surface area contributed by atoms with Crippen LogP contribution in [0.3, 0.4) is 0 Å². The molecule has 0 aliphatic rings. The fourth-order valence-electron chi connectivity index (χ4n) is 1.06. The molecule has 0 aliphatic carbocycles. The lowest BCUT2D eigenvalue weighted by Crippen LogP contribution is -2.27. The number of aliphatic hydroxyl groups is 1. The SMILES string of the molecule is CCOCC(O)COC(=O)On1c(O)ccc1O. The Balaban J connectivity index is 2.34. The molecule has 1 aromatic rings. The first-order valence-electron chi connectivity index (χ1n) is 5.25. The molecule has 8 heteroatoms. The lowest BCUT2D eigenvalue weighted by Gasteiger charge is -2.11. The standard InChI is InChI=1S/C10H15NO7/c1-2-16-5-7(12)6-17-10(15)18-11-8(13)3-4-9(11)14/h3-4,7,12-14H,2,5-6H2,1H3. The second kappa shape index (κ2) is 6.72. The van der Waals surface area contributed by atoms with Crippen molar-refractivity contribution in [2.45, 2.75) is 13.0 Å². The Bertz CT molecular complexity index is 370. The Kier molecular flexibility index (Phi) is 5.28. The number of aromatic hydroxyl groups is 2. The molecule has 0 saturated heterocycles. The van der Waals surface area contributed by atoms with E-state index in [1.807, 2.05) is 0 Å². The summed E-state index contributed by atoms with van der Waals surface area (Å²) in [7, 11) is 0. The molecule has 0 fully saturated rings. The minimum absolute atomic E-state index is 0.0315. The van der Waals surface area contributed by atoms with E-state index in [0.717, 1.165) is 12.1 Å². The zero-order chi connectivity index (χ0) is 13.5. The fourth-order valence-corrected chi connectivity index (χ4v) is 1.06. The highest BCUT2D eigenvalue weighted by Gasteiger charge is 2.15. The maximum absolute atomic E-state index is 11.2. The number of nitrogens with zero attached hydrogens (tertiary/aromatic N) is 1. The molecular weight excluding hydrogens is 246 g/mol. The van der Waals surface area contributed by atoms with Crippen molar-refractivity contribution in [2.75, 3.05) is 19.8 Å². The molecule has 1 heterocycles. The van der Waals surface area contributed by atoms with Gasteiger partial charge in [0.05, 0.1) is 6.61 Å². The predicted molar refractivity (Wildman–Crippen MR) is 58.2 cm³/mol. The van der Waals surface area contributed by atoms with Gasteiger partial charge in [0.25, 0.3) is 0 Å². The van der Waals surface area contributed by atoms with Gasteiger partial charge in [-0.1, -0.05) is 0 Å². The van der Waals surface area contributed by atoms with Gasteiger partial charge >= 0.3 is 6.16 Å². The number of hydrogen-bond donors (Lipinski definition) is 3. The van der Waals surface area contributed by atoms with Crippen molar-refractivity contribution >= 4 is 6.16 Å². The van der Waals surface area contributed by atoms with E-state index in [2.05, 4.69) is 9.57 Å². The van der Waals surface area contributed by atoms with Crippen molar-refractivity contribution in [3.05, 3.63) is 12.1 Å². The van der Waals surface area contributed by atoms with Gasteiger partial charge in [-0.2, -0.15) is 0 Å². The van der Waals surface area contributed by atoms with Crippen LogP contribution in [0.1, 0.15) is 6.92 Å². The first-order chi connectivity index (χ1) is 8.54. The average Bonchev–Trinajstić information content (AvgIpc) is 2.65. The highest BCUT2D eigenvalue weighted by Crippen LogP contribution is 2.18. The molecule has 102 valence electrons. The molecule has 0 bridgehead atoms. The largest absolute Gasteiger partial charge is 0.534 e. The molecular formula is C10H15NO7. The second-order valence-corrected chi connectivity index (χ2v) is 3.31. The second-order valence-electron chi connectivity index (χ2n) is 3.31. The molecule has 0 amide bonds. The van der Waals surface area contributed by atoms with Gasteiger partial charge in [0.15, 0.2) is 0 Å². The van der Waals surface area contributed by atoms with E-state index >= 15 is 0 Å². The number of aliphatic hydroxyl groups excluding tert-OH is 1. The predicted octanol–water partition coefficient (Wildman–Crippen LogP) is -0.138. The highest BCUT2D eigenvalue weighted by molar-refractivity contribution is 5.60. The Morgan fingerprint density at radius 2 is 1.94 bits per heavy atom. The van der Waals surface area contributed by atoms with Gasteiger partial charge < -0.3 is 24.8 Å². The summed E-state index contributed by atoms with van der Waals surface area (Å²) in [4.78, 5) is 15.6. The number of hydrogen-bond acceptors (Lipinski definition) is 7. The lowest BCUT2D eigenvalue weighted by atomic mass is 10.4. The highest BCUT2D eigenvalue weighted by atomic mass is 16.8. The zero-order valence-corrected chi connectivity index (χ0v) is 9.78. The molecule has 0 spiro atoms. The molecule has 1 rings (SSSR count). The molecule has 1 atom stereocenters. The average molecular weight is 261 g/mol. The van der Waals surface area contributed by atoms with E-state index in [1.54, 1.807) is 6.92 Å². The van der Waals surface area contributed by atoms with E-state index in [4.69, 9.17) is 4.74 Å². The summed E-state index contributed by atoms with van der Waals surface area (Å²) < 4.78 is 9.94. The van der Waals surface area contributed by atoms with Crippen LogP contribution in [0, 0.1) is 0 Å². The number of ether oxygens (including phenoxy) is 2. The normalized spacial score (nSPS) is 12.1. The van der Waals surface area contributed by atoms with Crippen LogP contribution in [-0.2, 0) is 9.47 Å². The fraction of sp³-hybridized carbons (Fsp3) is 0.500. The van der Waals surface area contributed by atoms with Crippen molar-refractivity contribution in [3.63, 3.8) is 0 Å². The Morgan fingerprint density at radius 3 is 2.50 bits per heavy atom. The smallest absolute Gasteiger partial charge is 0.492 e. The van der Waals surface area contributed by atoms with Crippen molar-refractivity contribution in [3.8, 4) is 11.8 Å². The van der Waals surface area contributed by atoms with Crippen LogP contribution in [0.4, 0.5) is 4.79 Å². The molecule has 8 nitrogen and oxygen atoms in total. The molecule has 1 unspecified atom stereocenters. The number of rotatable bonds is 6. The van der Waals surface area contributed by atoms with Crippen LogP contribution in [-0.4, -0.2) is 52.1 Å². The van der Waals surface area contributed by atoms with Gasteiger partial charge in [-0.25, -0.2) is 4.79 Å². The van der Waals surface area contributed by atoms with E-state index in [0.29, 0.717) is 11.3 Å². The summed E-state index contributed by atoms with van der Waals surface area (Å²) in [5.41, 5.74) is 0. The monoisotopic (exact) mass is 261 g/mol.